The number of benzene rings is 3. The summed E-state index contributed by atoms with van der Waals surface area (Å²) >= 11 is 3.38. The van der Waals surface area contributed by atoms with Crippen LogP contribution in [0.2, 0.25) is 0 Å². The van der Waals surface area contributed by atoms with Crippen LogP contribution in [0.3, 0.4) is 0 Å². The molecule has 0 saturated carbocycles. The number of aliphatic hydroxyl groups excluding tert-OH is 1. The van der Waals surface area contributed by atoms with Gasteiger partial charge in [-0.15, -0.1) is 0 Å². The molecule has 1 atom stereocenters. The number of hydrogen-bond acceptors (Lipinski definition) is 5. The first-order valence-corrected chi connectivity index (χ1v) is 10.5. The molecule has 1 amide bonds. The van der Waals surface area contributed by atoms with Gasteiger partial charge >= 0.3 is 0 Å². The van der Waals surface area contributed by atoms with Crippen LogP contribution in [0.15, 0.2) is 88.9 Å². The highest BCUT2D eigenvalue weighted by Gasteiger charge is 2.46. The number of hydrogen-bond donors (Lipinski definition) is 1. The van der Waals surface area contributed by atoms with E-state index >= 15 is 0 Å². The number of nitro groups is 1. The predicted octanol–water partition coefficient (Wildman–Crippen LogP) is 4.98. The molecular weight excluding hydrogens is 476 g/mol. The summed E-state index contributed by atoms with van der Waals surface area (Å²) < 4.78 is 0.830. The fourth-order valence-electron chi connectivity index (χ4n) is 3.71. The van der Waals surface area contributed by atoms with E-state index in [4.69, 9.17) is 0 Å². The molecule has 1 unspecified atom stereocenters. The highest BCUT2D eigenvalue weighted by Crippen LogP contribution is 2.40. The van der Waals surface area contributed by atoms with Crippen LogP contribution in [0.4, 0.5) is 5.69 Å². The van der Waals surface area contributed by atoms with Crippen LogP contribution in [0.5, 0.6) is 0 Å². The maximum absolute atomic E-state index is 13.0. The van der Waals surface area contributed by atoms with Crippen LogP contribution in [-0.4, -0.2) is 26.6 Å². The number of rotatable bonds is 5. The Labute approximate surface area is 191 Å². The number of non-ortho nitro benzene ring substituents is 1. The van der Waals surface area contributed by atoms with Gasteiger partial charge in [0.15, 0.2) is 0 Å². The van der Waals surface area contributed by atoms with Crippen molar-refractivity contribution in [2.45, 2.75) is 12.6 Å². The smallest absolute Gasteiger partial charge is 0.295 e. The maximum Gasteiger partial charge on any atom is 0.295 e. The summed E-state index contributed by atoms with van der Waals surface area (Å²) in [7, 11) is 0. The molecule has 1 aliphatic heterocycles. The van der Waals surface area contributed by atoms with Crippen molar-refractivity contribution >= 4 is 39.1 Å². The topological polar surface area (TPSA) is 101 Å². The largest absolute Gasteiger partial charge is 0.507 e. The van der Waals surface area contributed by atoms with E-state index in [1.165, 1.54) is 29.2 Å². The molecule has 4 rings (SSSR count). The number of amides is 1. The maximum atomic E-state index is 13.0. The van der Waals surface area contributed by atoms with E-state index in [1.54, 1.807) is 24.3 Å². The zero-order chi connectivity index (χ0) is 22.8. The standard InChI is InChI=1S/C24H17BrN2O5/c25-18-10-6-16(7-11-18)21-20(22(28)17-8-12-19(13-9-17)27(31)32)23(29)24(30)26(21)14-15-4-2-1-3-5-15/h1-13,21,28H,14H2/b22-20-. The first kappa shape index (κ1) is 21.5. The number of likely N-dealkylation sites (tertiary alicyclic amines) is 1. The summed E-state index contributed by atoms with van der Waals surface area (Å²) in [6.07, 6.45) is 0. The first-order chi connectivity index (χ1) is 15.4. The number of nitrogens with zero attached hydrogens (tertiary/aromatic N) is 2. The van der Waals surface area contributed by atoms with E-state index < -0.39 is 22.7 Å². The minimum Gasteiger partial charge on any atom is -0.507 e. The normalized spacial score (nSPS) is 17.5. The van der Waals surface area contributed by atoms with Crippen LogP contribution < -0.4 is 0 Å². The summed E-state index contributed by atoms with van der Waals surface area (Å²) in [5.41, 5.74) is 1.52. The van der Waals surface area contributed by atoms with E-state index in [9.17, 15) is 24.8 Å². The Morgan fingerprint density at radius 1 is 0.969 bits per heavy atom. The van der Waals surface area contributed by atoms with Crippen molar-refractivity contribution in [3.63, 3.8) is 0 Å². The molecule has 0 aromatic heterocycles. The first-order valence-electron chi connectivity index (χ1n) is 9.69. The third-order valence-electron chi connectivity index (χ3n) is 5.27. The highest BCUT2D eigenvalue weighted by molar-refractivity contribution is 9.10. The van der Waals surface area contributed by atoms with Crippen molar-refractivity contribution in [1.29, 1.82) is 0 Å². The molecule has 1 N–H and O–H groups in total. The van der Waals surface area contributed by atoms with Crippen molar-refractivity contribution in [1.82, 2.24) is 4.90 Å². The number of carbonyl (C=O) groups excluding carboxylic acids is 2. The van der Waals surface area contributed by atoms with Gasteiger partial charge in [-0.2, -0.15) is 0 Å². The molecule has 0 aliphatic carbocycles. The molecular formula is C24H17BrN2O5. The number of nitro benzene ring substituents is 1. The third kappa shape index (κ3) is 4.04. The number of Topliss-reactive ketones (excluding diaryl/α,β-unsaturated/α-hetero) is 1. The van der Waals surface area contributed by atoms with Gasteiger partial charge in [0.2, 0.25) is 0 Å². The monoisotopic (exact) mass is 492 g/mol. The zero-order valence-corrected chi connectivity index (χ0v) is 18.2. The Kier molecular flexibility index (Phi) is 5.87. The highest BCUT2D eigenvalue weighted by atomic mass is 79.9. The molecule has 3 aromatic rings. The summed E-state index contributed by atoms with van der Waals surface area (Å²) in [6.45, 7) is 0.184. The molecule has 0 radical (unpaired) electrons. The van der Waals surface area contributed by atoms with Crippen molar-refractivity contribution < 1.29 is 19.6 Å². The van der Waals surface area contributed by atoms with E-state index in [0.29, 0.717) is 5.56 Å². The van der Waals surface area contributed by atoms with Gasteiger partial charge in [-0.1, -0.05) is 58.4 Å². The van der Waals surface area contributed by atoms with Crippen molar-refractivity contribution in [2.24, 2.45) is 0 Å². The van der Waals surface area contributed by atoms with Gasteiger partial charge in [0, 0.05) is 28.7 Å². The summed E-state index contributed by atoms with van der Waals surface area (Å²) in [6, 6.07) is 20.8. The molecule has 8 heteroatoms. The van der Waals surface area contributed by atoms with E-state index in [1.807, 2.05) is 30.3 Å². The lowest BCUT2D eigenvalue weighted by Crippen LogP contribution is -2.29. The Morgan fingerprint density at radius 2 is 1.59 bits per heavy atom. The van der Waals surface area contributed by atoms with Gasteiger partial charge in [-0.25, -0.2) is 0 Å². The second-order valence-corrected chi connectivity index (χ2v) is 8.18. The Hall–Kier alpha value is -3.78. The quantitative estimate of drug-likeness (QED) is 0.178. The van der Waals surface area contributed by atoms with Crippen molar-refractivity contribution in [3.05, 3.63) is 116 Å². The lowest BCUT2D eigenvalue weighted by molar-refractivity contribution is -0.384. The second-order valence-electron chi connectivity index (χ2n) is 7.27. The minimum atomic E-state index is -0.807. The number of ketones is 1. The summed E-state index contributed by atoms with van der Waals surface area (Å²) in [5, 5.41) is 21.9. The second kappa shape index (κ2) is 8.76. The average molecular weight is 493 g/mol. The number of halogens is 1. The molecule has 3 aromatic carbocycles. The molecule has 1 heterocycles. The van der Waals surface area contributed by atoms with Gasteiger partial charge in [0.25, 0.3) is 17.4 Å². The van der Waals surface area contributed by atoms with Gasteiger partial charge < -0.3 is 10.0 Å². The summed E-state index contributed by atoms with van der Waals surface area (Å²) in [5.74, 6) is -1.89. The van der Waals surface area contributed by atoms with Crippen LogP contribution in [0, 0.1) is 10.1 Å². The van der Waals surface area contributed by atoms with Crippen LogP contribution in [0.25, 0.3) is 5.76 Å². The fraction of sp³-hybridized carbons (Fsp3) is 0.0833. The van der Waals surface area contributed by atoms with Gasteiger partial charge in [0.05, 0.1) is 16.5 Å². The van der Waals surface area contributed by atoms with Crippen molar-refractivity contribution in [3.8, 4) is 0 Å². The van der Waals surface area contributed by atoms with E-state index in [0.717, 1.165) is 10.0 Å². The molecule has 1 fully saturated rings. The lowest BCUT2D eigenvalue weighted by atomic mass is 9.95. The zero-order valence-electron chi connectivity index (χ0n) is 16.6. The molecule has 0 bridgehead atoms. The predicted molar refractivity (Wildman–Crippen MR) is 122 cm³/mol. The van der Waals surface area contributed by atoms with Crippen LogP contribution in [-0.2, 0) is 16.1 Å². The van der Waals surface area contributed by atoms with Crippen molar-refractivity contribution in [2.75, 3.05) is 0 Å². The molecule has 7 nitrogen and oxygen atoms in total. The molecule has 160 valence electrons. The van der Waals surface area contributed by atoms with E-state index in [-0.39, 0.29) is 29.1 Å². The Bertz CT molecular complexity index is 1220. The Morgan fingerprint density at radius 3 is 2.19 bits per heavy atom. The fourth-order valence-corrected chi connectivity index (χ4v) is 3.98. The average Bonchev–Trinajstić information content (AvgIpc) is 3.05. The van der Waals surface area contributed by atoms with Gasteiger partial charge in [-0.3, -0.25) is 19.7 Å². The van der Waals surface area contributed by atoms with Crippen LogP contribution >= 0.6 is 15.9 Å². The number of aliphatic hydroxyl groups is 1. The third-order valence-corrected chi connectivity index (χ3v) is 5.80. The Balaban J connectivity index is 1.84. The lowest BCUT2D eigenvalue weighted by Gasteiger charge is -2.25. The number of carbonyl (C=O) groups is 2. The SMILES string of the molecule is O=C1C(=O)N(Cc2ccccc2)C(c2ccc(Br)cc2)/C1=C(/O)c1ccc([N+](=O)[O-])cc1. The molecule has 0 spiro atoms. The van der Waals surface area contributed by atoms with Crippen LogP contribution in [0.1, 0.15) is 22.7 Å². The molecule has 1 saturated heterocycles. The van der Waals surface area contributed by atoms with E-state index in [2.05, 4.69) is 15.9 Å². The molecule has 32 heavy (non-hydrogen) atoms. The minimum absolute atomic E-state index is 0.0536. The van der Waals surface area contributed by atoms with Gasteiger partial charge in [0.1, 0.15) is 5.76 Å². The van der Waals surface area contributed by atoms with Gasteiger partial charge in [-0.05, 0) is 35.4 Å². The summed E-state index contributed by atoms with van der Waals surface area (Å²) in [4.78, 5) is 37.8. The molecule has 1 aliphatic rings.